The molecular weight excluding hydrogens is 318 g/mol. The van der Waals surface area contributed by atoms with Gasteiger partial charge in [0.1, 0.15) is 5.75 Å². The number of carbonyl (C=O) groups excluding carboxylic acids is 2. The summed E-state index contributed by atoms with van der Waals surface area (Å²) in [5.41, 5.74) is 0.999. The van der Waals surface area contributed by atoms with Crippen LogP contribution >= 0.6 is 0 Å². The molecular formula is C19H27N3O3. The van der Waals surface area contributed by atoms with Gasteiger partial charge in [-0.15, -0.1) is 0 Å². The number of amides is 3. The van der Waals surface area contributed by atoms with Crippen molar-refractivity contribution in [2.75, 3.05) is 19.7 Å². The average Bonchev–Trinajstić information content (AvgIpc) is 3.44. The Labute approximate surface area is 148 Å². The number of likely N-dealkylation sites (tertiary alicyclic amines) is 1. The van der Waals surface area contributed by atoms with Crippen molar-refractivity contribution in [1.82, 2.24) is 15.5 Å². The van der Waals surface area contributed by atoms with Gasteiger partial charge in [0.15, 0.2) is 0 Å². The summed E-state index contributed by atoms with van der Waals surface area (Å²) < 4.78 is 5.48. The average molecular weight is 345 g/mol. The van der Waals surface area contributed by atoms with E-state index in [0.29, 0.717) is 32.3 Å². The van der Waals surface area contributed by atoms with Crippen LogP contribution in [-0.4, -0.2) is 42.6 Å². The minimum Gasteiger partial charge on any atom is -0.494 e. The van der Waals surface area contributed by atoms with Crippen LogP contribution in [0.5, 0.6) is 5.75 Å². The van der Waals surface area contributed by atoms with E-state index in [-0.39, 0.29) is 17.9 Å². The first kappa shape index (κ1) is 17.6. The molecule has 1 aliphatic carbocycles. The first-order valence-electron chi connectivity index (χ1n) is 9.20. The Morgan fingerprint density at radius 2 is 2.12 bits per heavy atom. The highest BCUT2D eigenvalue weighted by molar-refractivity contribution is 5.81. The first-order chi connectivity index (χ1) is 12.2. The Morgan fingerprint density at radius 1 is 1.28 bits per heavy atom. The summed E-state index contributed by atoms with van der Waals surface area (Å²) >= 11 is 0. The van der Waals surface area contributed by atoms with Crippen molar-refractivity contribution in [3.8, 4) is 5.75 Å². The number of piperidine rings is 1. The van der Waals surface area contributed by atoms with Crippen molar-refractivity contribution in [2.45, 2.75) is 45.2 Å². The fraction of sp³-hybridized carbons (Fsp3) is 0.579. The van der Waals surface area contributed by atoms with Crippen LogP contribution in [0.3, 0.4) is 0 Å². The third kappa shape index (κ3) is 5.11. The highest BCUT2D eigenvalue weighted by atomic mass is 16.5. The number of benzene rings is 1. The third-order valence-electron chi connectivity index (χ3n) is 4.66. The fourth-order valence-electron chi connectivity index (χ4n) is 3.12. The summed E-state index contributed by atoms with van der Waals surface area (Å²) in [6, 6.07) is 7.99. The predicted octanol–water partition coefficient (Wildman–Crippen LogP) is 2.29. The number of urea groups is 1. The smallest absolute Gasteiger partial charge is 0.317 e. The van der Waals surface area contributed by atoms with Crippen molar-refractivity contribution in [3.63, 3.8) is 0 Å². The first-order valence-corrected chi connectivity index (χ1v) is 9.20. The molecule has 1 atom stereocenters. The van der Waals surface area contributed by atoms with Crippen molar-refractivity contribution in [3.05, 3.63) is 29.8 Å². The molecule has 2 fully saturated rings. The number of nitrogens with zero attached hydrogens (tertiary/aromatic N) is 1. The lowest BCUT2D eigenvalue weighted by atomic mass is 9.97. The van der Waals surface area contributed by atoms with Gasteiger partial charge < -0.3 is 20.3 Å². The summed E-state index contributed by atoms with van der Waals surface area (Å²) in [6.07, 6.45) is 3.90. The van der Waals surface area contributed by atoms with Gasteiger partial charge in [0.05, 0.1) is 12.5 Å². The van der Waals surface area contributed by atoms with Crippen molar-refractivity contribution in [1.29, 1.82) is 0 Å². The van der Waals surface area contributed by atoms with Gasteiger partial charge in [0, 0.05) is 25.7 Å². The van der Waals surface area contributed by atoms with Crippen LogP contribution in [0.2, 0.25) is 0 Å². The van der Waals surface area contributed by atoms with Gasteiger partial charge in [-0.25, -0.2) is 4.79 Å². The topological polar surface area (TPSA) is 70.7 Å². The zero-order valence-electron chi connectivity index (χ0n) is 14.8. The number of nitrogens with one attached hydrogen (secondary N) is 2. The molecule has 0 spiro atoms. The van der Waals surface area contributed by atoms with E-state index in [0.717, 1.165) is 37.0 Å². The van der Waals surface area contributed by atoms with Gasteiger partial charge in [0.2, 0.25) is 5.91 Å². The number of ether oxygens (including phenoxy) is 1. The lowest BCUT2D eigenvalue weighted by Crippen LogP contribution is -2.49. The second-order valence-corrected chi connectivity index (χ2v) is 6.81. The quantitative estimate of drug-likeness (QED) is 0.831. The molecule has 1 aliphatic heterocycles. The van der Waals surface area contributed by atoms with E-state index in [1.165, 1.54) is 0 Å². The lowest BCUT2D eigenvalue weighted by molar-refractivity contribution is -0.126. The van der Waals surface area contributed by atoms with Crippen LogP contribution in [0.4, 0.5) is 4.79 Å². The molecule has 2 N–H and O–H groups in total. The molecule has 6 heteroatoms. The molecule has 136 valence electrons. The number of hydrogen-bond acceptors (Lipinski definition) is 3. The maximum Gasteiger partial charge on any atom is 0.317 e. The van der Waals surface area contributed by atoms with Gasteiger partial charge in [0.25, 0.3) is 0 Å². The van der Waals surface area contributed by atoms with Gasteiger partial charge in [-0.05, 0) is 50.3 Å². The number of carbonyl (C=O) groups is 2. The molecule has 1 saturated carbocycles. The summed E-state index contributed by atoms with van der Waals surface area (Å²) in [6.45, 7) is 4.23. The van der Waals surface area contributed by atoms with Gasteiger partial charge in [-0.2, -0.15) is 0 Å². The second-order valence-electron chi connectivity index (χ2n) is 6.81. The van der Waals surface area contributed by atoms with Crippen molar-refractivity contribution in [2.24, 2.45) is 5.92 Å². The van der Waals surface area contributed by atoms with E-state index in [4.69, 9.17) is 4.74 Å². The Hall–Kier alpha value is -2.24. The zero-order chi connectivity index (χ0) is 17.6. The number of rotatable bonds is 6. The molecule has 1 aromatic carbocycles. The van der Waals surface area contributed by atoms with Crippen LogP contribution < -0.4 is 15.4 Å². The fourth-order valence-corrected chi connectivity index (χ4v) is 3.12. The predicted molar refractivity (Wildman–Crippen MR) is 95.3 cm³/mol. The zero-order valence-corrected chi connectivity index (χ0v) is 14.8. The normalized spacial score (nSPS) is 20.0. The molecule has 1 aromatic rings. The van der Waals surface area contributed by atoms with Gasteiger partial charge in [-0.3, -0.25) is 4.79 Å². The van der Waals surface area contributed by atoms with E-state index in [1.807, 2.05) is 31.2 Å². The van der Waals surface area contributed by atoms with E-state index < -0.39 is 0 Å². The summed E-state index contributed by atoms with van der Waals surface area (Å²) in [5.74, 6) is 0.829. The molecule has 3 rings (SSSR count). The second kappa shape index (κ2) is 8.23. The maximum atomic E-state index is 12.4. The number of hydrogen-bond donors (Lipinski definition) is 2. The molecule has 0 unspecified atom stereocenters. The monoisotopic (exact) mass is 345 g/mol. The van der Waals surface area contributed by atoms with Crippen LogP contribution in [0.15, 0.2) is 24.3 Å². The third-order valence-corrected chi connectivity index (χ3v) is 4.66. The molecule has 25 heavy (non-hydrogen) atoms. The molecule has 3 amide bonds. The molecule has 6 nitrogen and oxygen atoms in total. The lowest BCUT2D eigenvalue weighted by Gasteiger charge is -2.32. The molecule has 1 saturated heterocycles. The SMILES string of the molecule is CCOc1cccc(CNC(=O)N2CCC[C@@H](C(=O)NC3CC3)C2)c1. The van der Waals surface area contributed by atoms with Crippen molar-refractivity contribution < 1.29 is 14.3 Å². The van der Waals surface area contributed by atoms with Gasteiger partial charge >= 0.3 is 6.03 Å². The highest BCUT2D eigenvalue weighted by Crippen LogP contribution is 2.22. The van der Waals surface area contributed by atoms with Crippen molar-refractivity contribution >= 4 is 11.9 Å². The van der Waals surface area contributed by atoms with E-state index in [9.17, 15) is 9.59 Å². The van der Waals surface area contributed by atoms with Crippen LogP contribution in [0.1, 0.15) is 38.2 Å². The Balaban J connectivity index is 1.48. The minimum atomic E-state index is -0.106. The summed E-state index contributed by atoms with van der Waals surface area (Å²) in [5, 5.41) is 6.00. The molecule has 0 aromatic heterocycles. The van der Waals surface area contributed by atoms with E-state index >= 15 is 0 Å². The van der Waals surface area contributed by atoms with Crippen LogP contribution in [0, 0.1) is 5.92 Å². The molecule has 0 bridgehead atoms. The molecule has 0 radical (unpaired) electrons. The van der Waals surface area contributed by atoms with E-state index in [2.05, 4.69) is 10.6 Å². The standard InChI is InChI=1S/C19H27N3O3/c1-2-25-17-7-3-5-14(11-17)12-20-19(24)22-10-4-6-15(13-22)18(23)21-16-8-9-16/h3,5,7,11,15-16H,2,4,6,8-10,12-13H2,1H3,(H,20,24)(H,21,23)/t15-/m1/s1. The summed E-state index contributed by atoms with van der Waals surface area (Å²) in [7, 11) is 0. The highest BCUT2D eigenvalue weighted by Gasteiger charge is 2.31. The Kier molecular flexibility index (Phi) is 5.79. The van der Waals surface area contributed by atoms with Crippen LogP contribution in [0.25, 0.3) is 0 Å². The summed E-state index contributed by atoms with van der Waals surface area (Å²) in [4.78, 5) is 26.4. The van der Waals surface area contributed by atoms with Crippen LogP contribution in [-0.2, 0) is 11.3 Å². The van der Waals surface area contributed by atoms with E-state index in [1.54, 1.807) is 4.90 Å². The maximum absolute atomic E-state index is 12.4. The Bertz CT molecular complexity index is 616. The Morgan fingerprint density at radius 3 is 2.88 bits per heavy atom. The molecule has 1 heterocycles. The van der Waals surface area contributed by atoms with Gasteiger partial charge in [-0.1, -0.05) is 12.1 Å². The molecule has 2 aliphatic rings. The largest absolute Gasteiger partial charge is 0.494 e. The minimum absolute atomic E-state index is 0.0821.